The van der Waals surface area contributed by atoms with Crippen LogP contribution in [-0.2, 0) is 0 Å². The number of hydrogen-bond donors (Lipinski definition) is 2. The number of hydrogen-bond acceptors (Lipinski definition) is 2. The summed E-state index contributed by atoms with van der Waals surface area (Å²) >= 11 is 6.02. The van der Waals surface area contributed by atoms with E-state index in [2.05, 4.69) is 5.32 Å². The molecule has 1 fully saturated rings. The molecule has 0 radical (unpaired) electrons. The Balaban J connectivity index is 2.02. The molecule has 0 aliphatic heterocycles. The summed E-state index contributed by atoms with van der Waals surface area (Å²) in [5.41, 5.74) is 2.28. The Kier molecular flexibility index (Phi) is 2.89. The number of aliphatic hydroxyl groups excluding tert-OH is 1. The number of rotatable bonds is 4. The number of halogens is 1. The average molecular weight is 226 g/mol. The molecule has 1 aromatic carbocycles. The van der Waals surface area contributed by atoms with Gasteiger partial charge in [0.1, 0.15) is 0 Å². The fourth-order valence-corrected chi connectivity index (χ4v) is 1.82. The second-order valence-electron chi connectivity index (χ2n) is 4.42. The van der Waals surface area contributed by atoms with E-state index in [-0.39, 0.29) is 12.0 Å². The lowest BCUT2D eigenvalue weighted by atomic mass is 10.1. The van der Waals surface area contributed by atoms with Gasteiger partial charge >= 0.3 is 0 Å². The van der Waals surface area contributed by atoms with Crippen molar-refractivity contribution in [2.24, 2.45) is 5.41 Å². The van der Waals surface area contributed by atoms with Gasteiger partial charge in [-0.1, -0.05) is 17.7 Å². The first kappa shape index (κ1) is 10.8. The molecule has 1 aliphatic carbocycles. The second kappa shape index (κ2) is 4.03. The quantitative estimate of drug-likeness (QED) is 0.826. The molecule has 0 heterocycles. The Hall–Kier alpha value is -0.730. The van der Waals surface area contributed by atoms with Crippen LogP contribution in [0.4, 0.5) is 5.69 Å². The summed E-state index contributed by atoms with van der Waals surface area (Å²) in [6.45, 7) is 3.12. The minimum atomic E-state index is 0.134. The number of nitrogens with one attached hydrogen (secondary N) is 1. The minimum absolute atomic E-state index is 0.134. The van der Waals surface area contributed by atoms with Gasteiger partial charge in [0.15, 0.2) is 0 Å². The summed E-state index contributed by atoms with van der Waals surface area (Å²) in [6, 6.07) is 5.85. The van der Waals surface area contributed by atoms with Crippen LogP contribution in [-0.4, -0.2) is 18.3 Å². The molecule has 2 nitrogen and oxygen atoms in total. The van der Waals surface area contributed by atoms with Crippen LogP contribution in [0.25, 0.3) is 0 Å². The van der Waals surface area contributed by atoms with Crippen molar-refractivity contribution in [2.75, 3.05) is 18.5 Å². The predicted octanol–water partition coefficient (Wildman–Crippen LogP) is 2.83. The molecule has 0 bridgehead atoms. The maximum atomic E-state index is 9.19. The molecule has 0 aromatic heterocycles. The zero-order valence-electron chi connectivity index (χ0n) is 8.89. The molecule has 1 aliphatic rings. The first-order valence-corrected chi connectivity index (χ1v) is 5.64. The van der Waals surface area contributed by atoms with E-state index in [1.165, 1.54) is 0 Å². The van der Waals surface area contributed by atoms with Crippen LogP contribution in [0.15, 0.2) is 18.2 Å². The molecule has 0 spiro atoms. The van der Waals surface area contributed by atoms with Crippen molar-refractivity contribution in [3.63, 3.8) is 0 Å². The van der Waals surface area contributed by atoms with Crippen molar-refractivity contribution < 1.29 is 5.11 Å². The molecule has 82 valence electrons. The predicted molar refractivity (Wildman–Crippen MR) is 63.4 cm³/mol. The molecular formula is C12H16ClNO. The summed E-state index contributed by atoms with van der Waals surface area (Å²) in [6.07, 6.45) is 2.24. The Morgan fingerprint density at radius 1 is 1.47 bits per heavy atom. The van der Waals surface area contributed by atoms with E-state index in [0.717, 1.165) is 35.7 Å². The third kappa shape index (κ3) is 2.27. The van der Waals surface area contributed by atoms with Gasteiger partial charge in [-0.25, -0.2) is 0 Å². The van der Waals surface area contributed by atoms with Gasteiger partial charge in [0, 0.05) is 22.7 Å². The average Bonchev–Trinajstić information content (AvgIpc) is 3.01. The van der Waals surface area contributed by atoms with Crippen molar-refractivity contribution in [3.8, 4) is 0 Å². The fraction of sp³-hybridized carbons (Fsp3) is 0.500. The second-order valence-corrected chi connectivity index (χ2v) is 4.83. The van der Waals surface area contributed by atoms with E-state index < -0.39 is 0 Å². The third-order valence-electron chi connectivity index (χ3n) is 3.21. The maximum Gasteiger partial charge on any atom is 0.0504 e. The normalized spacial score (nSPS) is 17.5. The van der Waals surface area contributed by atoms with E-state index >= 15 is 0 Å². The van der Waals surface area contributed by atoms with Gasteiger partial charge in [0.2, 0.25) is 0 Å². The molecule has 0 atom stereocenters. The highest BCUT2D eigenvalue weighted by atomic mass is 35.5. The molecule has 3 heteroatoms. The monoisotopic (exact) mass is 225 g/mol. The van der Waals surface area contributed by atoms with Crippen molar-refractivity contribution in [1.82, 2.24) is 0 Å². The Bertz CT molecular complexity index is 361. The van der Waals surface area contributed by atoms with Gasteiger partial charge in [-0.2, -0.15) is 0 Å². The zero-order valence-corrected chi connectivity index (χ0v) is 9.64. The van der Waals surface area contributed by atoms with Crippen LogP contribution >= 0.6 is 11.6 Å². The van der Waals surface area contributed by atoms with Crippen molar-refractivity contribution in [2.45, 2.75) is 19.8 Å². The third-order valence-corrected chi connectivity index (χ3v) is 3.62. The highest BCUT2D eigenvalue weighted by Gasteiger charge is 2.41. The maximum absolute atomic E-state index is 9.19. The van der Waals surface area contributed by atoms with Crippen molar-refractivity contribution >= 4 is 17.3 Å². The summed E-state index contributed by atoms with van der Waals surface area (Å²) in [5, 5.41) is 13.3. The van der Waals surface area contributed by atoms with Crippen LogP contribution in [0.1, 0.15) is 18.4 Å². The van der Waals surface area contributed by atoms with E-state index in [0.29, 0.717) is 0 Å². The molecule has 1 aromatic rings. The Morgan fingerprint density at radius 3 is 2.80 bits per heavy atom. The lowest BCUT2D eigenvalue weighted by Gasteiger charge is -2.15. The minimum Gasteiger partial charge on any atom is -0.396 e. The summed E-state index contributed by atoms with van der Waals surface area (Å²) < 4.78 is 0. The van der Waals surface area contributed by atoms with E-state index in [1.54, 1.807) is 0 Å². The summed E-state index contributed by atoms with van der Waals surface area (Å²) in [5.74, 6) is 0. The molecule has 0 amide bonds. The van der Waals surface area contributed by atoms with Gasteiger partial charge in [0.05, 0.1) is 6.61 Å². The number of benzene rings is 1. The van der Waals surface area contributed by atoms with Gasteiger partial charge < -0.3 is 10.4 Å². The molecule has 1 saturated carbocycles. The van der Waals surface area contributed by atoms with E-state index in [9.17, 15) is 5.11 Å². The molecule has 0 unspecified atom stereocenters. The van der Waals surface area contributed by atoms with Crippen LogP contribution in [0, 0.1) is 12.3 Å². The standard InChI is InChI=1S/C12H16ClNO/c1-9-10(13)3-2-4-11(9)14-7-12(8-15)5-6-12/h2-4,14-15H,5-8H2,1H3. The molecule has 15 heavy (non-hydrogen) atoms. The van der Waals surface area contributed by atoms with Crippen LogP contribution < -0.4 is 5.32 Å². The molecule has 2 N–H and O–H groups in total. The van der Waals surface area contributed by atoms with Crippen LogP contribution in [0.5, 0.6) is 0 Å². The summed E-state index contributed by atoms with van der Waals surface area (Å²) in [4.78, 5) is 0. The van der Waals surface area contributed by atoms with Gasteiger partial charge in [0.25, 0.3) is 0 Å². The first-order chi connectivity index (χ1) is 7.17. The van der Waals surface area contributed by atoms with Gasteiger partial charge in [-0.15, -0.1) is 0 Å². The molecular weight excluding hydrogens is 210 g/mol. The van der Waals surface area contributed by atoms with Crippen molar-refractivity contribution in [1.29, 1.82) is 0 Å². The Morgan fingerprint density at radius 2 is 2.20 bits per heavy atom. The first-order valence-electron chi connectivity index (χ1n) is 5.27. The highest BCUT2D eigenvalue weighted by molar-refractivity contribution is 6.31. The van der Waals surface area contributed by atoms with E-state index in [1.807, 2.05) is 25.1 Å². The van der Waals surface area contributed by atoms with Gasteiger partial charge in [-0.3, -0.25) is 0 Å². The van der Waals surface area contributed by atoms with Gasteiger partial charge in [-0.05, 0) is 37.5 Å². The van der Waals surface area contributed by atoms with E-state index in [4.69, 9.17) is 11.6 Å². The topological polar surface area (TPSA) is 32.3 Å². The lowest BCUT2D eigenvalue weighted by molar-refractivity contribution is 0.220. The largest absolute Gasteiger partial charge is 0.396 e. The highest BCUT2D eigenvalue weighted by Crippen LogP contribution is 2.45. The van der Waals surface area contributed by atoms with Crippen LogP contribution in [0.2, 0.25) is 5.02 Å². The molecule has 0 saturated heterocycles. The number of aliphatic hydroxyl groups is 1. The van der Waals surface area contributed by atoms with Crippen molar-refractivity contribution in [3.05, 3.63) is 28.8 Å². The zero-order chi connectivity index (χ0) is 10.9. The fourth-order valence-electron chi connectivity index (χ4n) is 1.65. The molecule has 2 rings (SSSR count). The summed E-state index contributed by atoms with van der Waals surface area (Å²) in [7, 11) is 0. The SMILES string of the molecule is Cc1c(Cl)cccc1NCC1(CO)CC1. The number of anilines is 1. The lowest BCUT2D eigenvalue weighted by Crippen LogP contribution is -2.19. The van der Waals surface area contributed by atoms with Crippen LogP contribution in [0.3, 0.4) is 0 Å². The Labute approximate surface area is 95.3 Å². The smallest absolute Gasteiger partial charge is 0.0504 e.